The average molecular weight is 625 g/mol. The standard InChI is InChI=1S/C27H29F9N6O/c1-40-8-6-17(7-9-40)23(43-3)22-5-4-19(25(28,29)30)12-18(22)15-42(24-37-39-41(2)38-24)14-16-10-20(26(31,32)33)13-21(11-16)27(34,35)36/h4-5,10-13,17,23H,6-9,14-15H2,1-3H3/t23-/m0/s1. The Bertz CT molecular complexity index is 1360. The molecule has 0 aliphatic carbocycles. The molecule has 2 aromatic carbocycles. The number of likely N-dealkylation sites (tertiary alicyclic amines) is 1. The number of aromatic nitrogens is 4. The summed E-state index contributed by atoms with van der Waals surface area (Å²) < 4.78 is 128. The zero-order chi connectivity index (χ0) is 31.7. The van der Waals surface area contributed by atoms with Crippen LogP contribution in [0.25, 0.3) is 0 Å². The van der Waals surface area contributed by atoms with Crippen LogP contribution in [0, 0.1) is 5.92 Å². The van der Waals surface area contributed by atoms with Crippen LogP contribution in [-0.4, -0.2) is 52.4 Å². The number of nitrogens with zero attached hydrogens (tertiary/aromatic N) is 6. The number of alkyl halides is 9. The van der Waals surface area contributed by atoms with Gasteiger partial charge in [-0.05, 0) is 91.1 Å². The number of piperidine rings is 1. The van der Waals surface area contributed by atoms with Crippen molar-refractivity contribution in [3.63, 3.8) is 0 Å². The first kappa shape index (κ1) is 32.5. The van der Waals surface area contributed by atoms with Gasteiger partial charge in [0.1, 0.15) is 0 Å². The molecular formula is C27H29F9N6O. The highest BCUT2D eigenvalue weighted by atomic mass is 19.4. The average Bonchev–Trinajstić information content (AvgIpc) is 3.35. The number of aryl methyl sites for hydroxylation is 1. The van der Waals surface area contributed by atoms with Crippen LogP contribution in [-0.2, 0) is 43.4 Å². The van der Waals surface area contributed by atoms with Gasteiger partial charge in [0.25, 0.3) is 5.95 Å². The molecule has 2 heterocycles. The monoisotopic (exact) mass is 624 g/mol. The fourth-order valence-corrected chi connectivity index (χ4v) is 5.24. The van der Waals surface area contributed by atoms with Crippen molar-refractivity contribution in [2.45, 2.75) is 50.6 Å². The van der Waals surface area contributed by atoms with Gasteiger partial charge in [-0.2, -0.15) is 44.3 Å². The van der Waals surface area contributed by atoms with Gasteiger partial charge < -0.3 is 14.5 Å². The fourth-order valence-electron chi connectivity index (χ4n) is 5.24. The molecule has 0 spiro atoms. The van der Waals surface area contributed by atoms with Crippen molar-refractivity contribution in [2.24, 2.45) is 13.0 Å². The van der Waals surface area contributed by atoms with Gasteiger partial charge in [0.05, 0.1) is 29.8 Å². The molecule has 1 atom stereocenters. The summed E-state index contributed by atoms with van der Waals surface area (Å²) in [6.07, 6.45) is -14.1. The van der Waals surface area contributed by atoms with E-state index < -0.39 is 60.0 Å². The minimum absolute atomic E-state index is 0.00407. The smallest absolute Gasteiger partial charge is 0.376 e. The Kier molecular flexibility index (Phi) is 9.30. The van der Waals surface area contributed by atoms with Crippen molar-refractivity contribution in [1.82, 2.24) is 25.1 Å². The molecule has 4 rings (SSSR count). The number of anilines is 1. The zero-order valence-electron chi connectivity index (χ0n) is 23.4. The molecule has 1 aliphatic heterocycles. The van der Waals surface area contributed by atoms with Crippen molar-refractivity contribution in [3.05, 3.63) is 69.8 Å². The second-order valence-corrected chi connectivity index (χ2v) is 10.6. The van der Waals surface area contributed by atoms with Crippen LogP contribution in [0.4, 0.5) is 45.5 Å². The van der Waals surface area contributed by atoms with E-state index in [1.807, 2.05) is 7.05 Å². The quantitative estimate of drug-likeness (QED) is 0.267. The molecule has 16 heteroatoms. The zero-order valence-corrected chi connectivity index (χ0v) is 23.4. The molecule has 236 valence electrons. The van der Waals surface area contributed by atoms with E-state index in [1.165, 1.54) is 25.1 Å². The van der Waals surface area contributed by atoms with Crippen LogP contribution < -0.4 is 4.90 Å². The SMILES string of the molecule is CO[C@H](c1ccc(C(F)(F)F)cc1CN(Cc1cc(C(F)(F)F)cc(C(F)(F)F)c1)c1nnn(C)n1)C1CCN(C)CC1. The van der Waals surface area contributed by atoms with Gasteiger partial charge in [0.15, 0.2) is 0 Å². The molecule has 0 radical (unpaired) electrons. The van der Waals surface area contributed by atoms with Crippen LogP contribution in [0.15, 0.2) is 36.4 Å². The summed E-state index contributed by atoms with van der Waals surface area (Å²) >= 11 is 0. The maximum Gasteiger partial charge on any atom is 0.416 e. The molecule has 1 aliphatic rings. The number of hydrogen-bond acceptors (Lipinski definition) is 6. The summed E-state index contributed by atoms with van der Waals surface area (Å²) in [5.74, 6) is -0.248. The van der Waals surface area contributed by atoms with Gasteiger partial charge in [-0.15, -0.1) is 5.10 Å². The number of tetrazole rings is 1. The predicted octanol–water partition coefficient (Wildman–Crippen LogP) is 6.50. The molecule has 43 heavy (non-hydrogen) atoms. The summed E-state index contributed by atoms with van der Waals surface area (Å²) in [5.41, 5.74) is -3.90. The highest BCUT2D eigenvalue weighted by Crippen LogP contribution is 2.40. The summed E-state index contributed by atoms with van der Waals surface area (Å²) in [6, 6.07) is 4.26. The number of methoxy groups -OCH3 is 1. The Morgan fingerprint density at radius 1 is 0.837 bits per heavy atom. The molecule has 3 aromatic rings. The Hall–Kier alpha value is -3.40. The van der Waals surface area contributed by atoms with E-state index >= 15 is 0 Å². The van der Waals surface area contributed by atoms with E-state index in [0.29, 0.717) is 30.5 Å². The Balaban J connectivity index is 1.80. The summed E-state index contributed by atoms with van der Waals surface area (Å²) in [7, 11) is 4.77. The third-order valence-corrected chi connectivity index (χ3v) is 7.38. The maximum atomic E-state index is 13.8. The molecular weight excluding hydrogens is 595 g/mol. The van der Waals surface area contributed by atoms with E-state index in [9.17, 15) is 39.5 Å². The van der Waals surface area contributed by atoms with Crippen molar-refractivity contribution < 1.29 is 44.3 Å². The molecule has 7 nitrogen and oxygen atoms in total. The third kappa shape index (κ3) is 7.96. The maximum absolute atomic E-state index is 13.8. The number of rotatable bonds is 8. The normalized spacial score (nSPS) is 16.5. The van der Waals surface area contributed by atoms with Crippen molar-refractivity contribution in [1.29, 1.82) is 0 Å². The molecule has 0 N–H and O–H groups in total. The first-order valence-corrected chi connectivity index (χ1v) is 13.1. The first-order valence-electron chi connectivity index (χ1n) is 13.1. The van der Waals surface area contributed by atoms with Crippen LogP contribution in [0.2, 0.25) is 0 Å². The largest absolute Gasteiger partial charge is 0.416 e. The molecule has 0 amide bonds. The third-order valence-electron chi connectivity index (χ3n) is 7.38. The Morgan fingerprint density at radius 3 is 1.91 bits per heavy atom. The minimum atomic E-state index is -5.08. The molecule has 1 fully saturated rings. The van der Waals surface area contributed by atoms with Crippen molar-refractivity contribution in [2.75, 3.05) is 32.1 Å². The Morgan fingerprint density at radius 2 is 1.42 bits per heavy atom. The number of hydrogen-bond donors (Lipinski definition) is 0. The summed E-state index contributed by atoms with van der Waals surface area (Å²) in [5, 5.41) is 11.6. The highest BCUT2D eigenvalue weighted by Gasteiger charge is 2.38. The summed E-state index contributed by atoms with van der Waals surface area (Å²) in [4.78, 5) is 4.31. The lowest BCUT2D eigenvalue weighted by molar-refractivity contribution is -0.143. The van der Waals surface area contributed by atoms with E-state index in [4.69, 9.17) is 4.74 Å². The minimum Gasteiger partial charge on any atom is -0.376 e. The Labute approximate surface area is 241 Å². The van der Waals surface area contributed by atoms with E-state index in [0.717, 1.165) is 30.0 Å². The molecule has 0 unspecified atom stereocenters. The molecule has 0 bridgehead atoms. The van der Waals surface area contributed by atoms with Gasteiger partial charge in [-0.1, -0.05) is 11.2 Å². The highest BCUT2D eigenvalue weighted by molar-refractivity contribution is 5.42. The lowest BCUT2D eigenvalue weighted by Gasteiger charge is -2.35. The first-order chi connectivity index (χ1) is 20.0. The van der Waals surface area contributed by atoms with Crippen LogP contribution in [0.3, 0.4) is 0 Å². The van der Waals surface area contributed by atoms with Gasteiger partial charge >= 0.3 is 18.5 Å². The predicted molar refractivity (Wildman–Crippen MR) is 137 cm³/mol. The van der Waals surface area contributed by atoms with Gasteiger partial charge in [0.2, 0.25) is 0 Å². The van der Waals surface area contributed by atoms with Gasteiger partial charge in [0, 0.05) is 20.2 Å². The molecule has 1 saturated heterocycles. The topological polar surface area (TPSA) is 59.3 Å². The molecule has 0 saturated carbocycles. The van der Waals surface area contributed by atoms with Gasteiger partial charge in [-0.25, -0.2) is 0 Å². The molecule has 1 aromatic heterocycles. The van der Waals surface area contributed by atoms with Gasteiger partial charge in [-0.3, -0.25) is 0 Å². The van der Waals surface area contributed by atoms with E-state index in [-0.39, 0.29) is 23.5 Å². The lowest BCUT2D eigenvalue weighted by Crippen LogP contribution is -2.34. The van der Waals surface area contributed by atoms with Crippen molar-refractivity contribution in [3.8, 4) is 0 Å². The fraction of sp³-hybridized carbons (Fsp3) is 0.519. The van der Waals surface area contributed by atoms with Crippen LogP contribution in [0.5, 0.6) is 0 Å². The second kappa shape index (κ2) is 12.3. The van der Waals surface area contributed by atoms with Crippen LogP contribution in [0.1, 0.15) is 52.3 Å². The lowest BCUT2D eigenvalue weighted by atomic mass is 9.85. The number of halogens is 9. The summed E-state index contributed by atoms with van der Waals surface area (Å²) in [6.45, 7) is 0.496. The number of ether oxygens (including phenoxy) is 1. The van der Waals surface area contributed by atoms with E-state index in [2.05, 4.69) is 20.3 Å². The number of benzene rings is 2. The van der Waals surface area contributed by atoms with Crippen LogP contribution >= 0.6 is 0 Å². The van der Waals surface area contributed by atoms with Crippen molar-refractivity contribution >= 4 is 5.95 Å². The van der Waals surface area contributed by atoms with E-state index in [1.54, 1.807) is 0 Å². The second-order valence-electron chi connectivity index (χ2n) is 10.6.